The van der Waals surface area contributed by atoms with Crippen molar-refractivity contribution in [1.29, 1.82) is 0 Å². The van der Waals surface area contributed by atoms with Gasteiger partial charge in [-0.3, -0.25) is 4.98 Å². The molecule has 0 saturated heterocycles. The van der Waals surface area contributed by atoms with Crippen molar-refractivity contribution >= 4 is 0 Å². The van der Waals surface area contributed by atoms with Crippen LogP contribution in [0.2, 0.25) is 0 Å². The number of nitrogens with zero attached hydrogens (tertiary/aromatic N) is 3. The predicted octanol–water partition coefficient (Wildman–Crippen LogP) is 4.25. The summed E-state index contributed by atoms with van der Waals surface area (Å²) < 4.78 is 2.11. The van der Waals surface area contributed by atoms with Crippen LogP contribution in [-0.2, 0) is 0 Å². The summed E-state index contributed by atoms with van der Waals surface area (Å²) >= 11 is 0. The third kappa shape index (κ3) is 2.87. The molecule has 0 radical (unpaired) electrons. The van der Waals surface area contributed by atoms with Crippen LogP contribution in [0.3, 0.4) is 0 Å². The van der Waals surface area contributed by atoms with Crippen molar-refractivity contribution in [2.45, 2.75) is 26.3 Å². The smallest absolute Gasteiger partial charge is 0.0952 e. The maximum atomic E-state index is 4.66. The number of hydrogen-bond acceptors (Lipinski definition) is 2. The number of pyridine rings is 1. The summed E-state index contributed by atoms with van der Waals surface area (Å²) in [5, 5.41) is 0. The molecule has 3 heteroatoms. The minimum absolute atomic E-state index is 0.250. The van der Waals surface area contributed by atoms with E-state index >= 15 is 0 Å². The lowest BCUT2D eigenvalue weighted by Crippen LogP contribution is -2.09. The maximum absolute atomic E-state index is 4.66. The van der Waals surface area contributed by atoms with Crippen LogP contribution in [-0.4, -0.2) is 14.5 Å². The first-order valence-corrected chi connectivity index (χ1v) is 7.28. The SMILES string of the molecule is CCC(c1ccc(-c2ccc(C)cc2)cn1)n1ccnc1. The zero-order valence-corrected chi connectivity index (χ0v) is 12.4. The quantitative estimate of drug-likeness (QED) is 0.713. The Morgan fingerprint density at radius 3 is 2.38 bits per heavy atom. The highest BCUT2D eigenvalue weighted by molar-refractivity contribution is 5.62. The van der Waals surface area contributed by atoms with E-state index in [2.05, 4.69) is 64.8 Å². The van der Waals surface area contributed by atoms with Crippen molar-refractivity contribution in [3.63, 3.8) is 0 Å². The first kappa shape index (κ1) is 13.6. The highest BCUT2D eigenvalue weighted by atomic mass is 15.1. The predicted molar refractivity (Wildman–Crippen MR) is 85.1 cm³/mol. The molecule has 2 heterocycles. The molecule has 21 heavy (non-hydrogen) atoms. The van der Waals surface area contributed by atoms with Gasteiger partial charge in [-0.2, -0.15) is 0 Å². The van der Waals surface area contributed by atoms with Gasteiger partial charge < -0.3 is 4.57 Å². The zero-order valence-electron chi connectivity index (χ0n) is 12.4. The Hall–Kier alpha value is -2.42. The average molecular weight is 277 g/mol. The summed E-state index contributed by atoms with van der Waals surface area (Å²) in [7, 11) is 0. The van der Waals surface area contributed by atoms with Gasteiger partial charge in [0.25, 0.3) is 0 Å². The molecule has 0 aliphatic carbocycles. The summed E-state index contributed by atoms with van der Waals surface area (Å²) in [4.78, 5) is 8.78. The molecule has 0 bridgehead atoms. The molecule has 1 atom stereocenters. The van der Waals surface area contributed by atoms with Crippen LogP contribution in [0.4, 0.5) is 0 Å². The van der Waals surface area contributed by atoms with Crippen LogP contribution in [0.1, 0.15) is 30.6 Å². The van der Waals surface area contributed by atoms with Gasteiger partial charge >= 0.3 is 0 Å². The largest absolute Gasteiger partial charge is 0.328 e. The molecule has 0 saturated carbocycles. The van der Waals surface area contributed by atoms with Gasteiger partial charge in [-0.05, 0) is 25.0 Å². The summed E-state index contributed by atoms with van der Waals surface area (Å²) in [5.74, 6) is 0. The van der Waals surface area contributed by atoms with Gasteiger partial charge in [-0.15, -0.1) is 0 Å². The zero-order chi connectivity index (χ0) is 14.7. The molecule has 0 amide bonds. The van der Waals surface area contributed by atoms with Gasteiger partial charge in [-0.25, -0.2) is 4.98 Å². The Balaban J connectivity index is 1.88. The highest BCUT2D eigenvalue weighted by Gasteiger charge is 2.12. The van der Waals surface area contributed by atoms with Crippen molar-refractivity contribution in [1.82, 2.24) is 14.5 Å². The molecule has 3 aromatic rings. The fourth-order valence-corrected chi connectivity index (χ4v) is 2.55. The van der Waals surface area contributed by atoms with Crippen LogP contribution >= 0.6 is 0 Å². The van der Waals surface area contributed by atoms with Crippen LogP contribution < -0.4 is 0 Å². The second-order valence-corrected chi connectivity index (χ2v) is 5.27. The summed E-state index contributed by atoms with van der Waals surface area (Å²) in [5.41, 5.74) is 4.70. The van der Waals surface area contributed by atoms with E-state index < -0.39 is 0 Å². The fourth-order valence-electron chi connectivity index (χ4n) is 2.55. The van der Waals surface area contributed by atoms with Gasteiger partial charge in [0.05, 0.1) is 18.1 Å². The second kappa shape index (κ2) is 5.92. The number of hydrogen-bond donors (Lipinski definition) is 0. The molecule has 0 aliphatic heterocycles. The van der Waals surface area contributed by atoms with Crippen LogP contribution in [0.15, 0.2) is 61.3 Å². The normalized spacial score (nSPS) is 12.3. The third-order valence-electron chi connectivity index (χ3n) is 3.78. The van der Waals surface area contributed by atoms with E-state index in [0.717, 1.165) is 17.7 Å². The van der Waals surface area contributed by atoms with E-state index in [1.807, 2.05) is 24.9 Å². The van der Waals surface area contributed by atoms with Crippen molar-refractivity contribution < 1.29 is 0 Å². The lowest BCUT2D eigenvalue weighted by molar-refractivity contribution is 0.551. The van der Waals surface area contributed by atoms with E-state index in [1.54, 1.807) is 0 Å². The summed E-state index contributed by atoms with van der Waals surface area (Å²) in [6, 6.07) is 13.0. The molecule has 0 fully saturated rings. The Morgan fingerprint density at radius 2 is 1.81 bits per heavy atom. The van der Waals surface area contributed by atoms with Crippen molar-refractivity contribution in [2.24, 2.45) is 0 Å². The molecule has 0 spiro atoms. The molecule has 3 nitrogen and oxygen atoms in total. The van der Waals surface area contributed by atoms with E-state index in [0.29, 0.717) is 0 Å². The molecule has 1 unspecified atom stereocenters. The van der Waals surface area contributed by atoms with E-state index in [4.69, 9.17) is 0 Å². The van der Waals surface area contributed by atoms with E-state index in [9.17, 15) is 0 Å². The maximum Gasteiger partial charge on any atom is 0.0952 e. The Bertz CT molecular complexity index is 682. The Kier molecular flexibility index (Phi) is 3.82. The topological polar surface area (TPSA) is 30.7 Å². The van der Waals surface area contributed by atoms with E-state index in [1.165, 1.54) is 11.1 Å². The first-order valence-electron chi connectivity index (χ1n) is 7.28. The van der Waals surface area contributed by atoms with E-state index in [-0.39, 0.29) is 6.04 Å². The highest BCUT2D eigenvalue weighted by Crippen LogP contribution is 2.23. The average Bonchev–Trinajstić information content (AvgIpc) is 3.04. The summed E-state index contributed by atoms with van der Waals surface area (Å²) in [6.45, 7) is 4.27. The number of aryl methyl sites for hydroxylation is 1. The van der Waals surface area contributed by atoms with Gasteiger partial charge in [0.15, 0.2) is 0 Å². The van der Waals surface area contributed by atoms with Crippen molar-refractivity contribution in [2.75, 3.05) is 0 Å². The van der Waals surface area contributed by atoms with Gasteiger partial charge in [0.2, 0.25) is 0 Å². The first-order chi connectivity index (χ1) is 10.3. The number of aromatic nitrogens is 3. The third-order valence-corrected chi connectivity index (χ3v) is 3.78. The Labute approximate surface area is 125 Å². The van der Waals surface area contributed by atoms with Gasteiger partial charge in [0, 0.05) is 24.2 Å². The van der Waals surface area contributed by atoms with Gasteiger partial charge in [-0.1, -0.05) is 42.8 Å². The molecular formula is C18H19N3. The Morgan fingerprint density at radius 1 is 1.05 bits per heavy atom. The number of benzene rings is 1. The minimum Gasteiger partial charge on any atom is -0.328 e. The molecule has 0 aliphatic rings. The number of imidazole rings is 1. The monoisotopic (exact) mass is 277 g/mol. The van der Waals surface area contributed by atoms with Crippen LogP contribution in [0, 0.1) is 6.92 Å². The molecular weight excluding hydrogens is 258 g/mol. The van der Waals surface area contributed by atoms with Crippen molar-refractivity contribution in [3.05, 3.63) is 72.6 Å². The summed E-state index contributed by atoms with van der Waals surface area (Å²) in [6.07, 6.45) is 8.60. The molecule has 106 valence electrons. The molecule has 0 N–H and O–H groups in total. The minimum atomic E-state index is 0.250. The standard InChI is InChI=1S/C18H19N3/c1-3-18(21-11-10-19-13-21)17-9-8-16(12-20-17)15-6-4-14(2)5-7-15/h4-13,18H,3H2,1-2H3. The van der Waals surface area contributed by atoms with Crippen molar-refractivity contribution in [3.8, 4) is 11.1 Å². The molecule has 3 rings (SSSR count). The molecule has 2 aromatic heterocycles. The lowest BCUT2D eigenvalue weighted by Gasteiger charge is -2.16. The van der Waals surface area contributed by atoms with Crippen LogP contribution in [0.5, 0.6) is 0 Å². The second-order valence-electron chi connectivity index (χ2n) is 5.27. The lowest BCUT2D eigenvalue weighted by atomic mass is 10.0. The van der Waals surface area contributed by atoms with Crippen LogP contribution in [0.25, 0.3) is 11.1 Å². The van der Waals surface area contributed by atoms with Gasteiger partial charge in [0.1, 0.15) is 0 Å². The number of rotatable bonds is 4. The fraction of sp³-hybridized carbons (Fsp3) is 0.222. The molecule has 1 aromatic carbocycles.